The maximum Gasteiger partial charge on any atom is 0.244 e. The first-order valence-corrected chi connectivity index (χ1v) is 9.73. The molecule has 0 radical (unpaired) electrons. The minimum Gasteiger partial charge on any atom is -0.383 e. The summed E-state index contributed by atoms with van der Waals surface area (Å²) in [5.74, 6) is 0. The molecule has 0 N–H and O–H groups in total. The number of sulfonamides is 1. The van der Waals surface area contributed by atoms with Gasteiger partial charge in [-0.3, -0.25) is 0 Å². The van der Waals surface area contributed by atoms with Crippen molar-refractivity contribution in [1.29, 1.82) is 0 Å². The van der Waals surface area contributed by atoms with Crippen LogP contribution in [-0.2, 0) is 14.8 Å². The normalized spacial score (nSPS) is 12.5. The van der Waals surface area contributed by atoms with Crippen molar-refractivity contribution < 1.29 is 13.2 Å². The minimum atomic E-state index is -3.47. The van der Waals surface area contributed by atoms with Crippen LogP contribution >= 0.6 is 27.3 Å². The fourth-order valence-electron chi connectivity index (χ4n) is 1.93. The molecule has 0 bridgehead atoms. The second-order valence-electron chi connectivity index (χ2n) is 5.02. The molecule has 0 atom stereocenters. The van der Waals surface area contributed by atoms with Gasteiger partial charge in [-0.05, 0) is 56.0 Å². The van der Waals surface area contributed by atoms with E-state index in [0.29, 0.717) is 24.6 Å². The molecule has 1 rings (SSSR count). The molecule has 5 nitrogen and oxygen atoms in total. The van der Waals surface area contributed by atoms with Crippen LogP contribution in [0.4, 0.5) is 0 Å². The van der Waals surface area contributed by atoms with Gasteiger partial charge in [0.25, 0.3) is 0 Å². The van der Waals surface area contributed by atoms with Gasteiger partial charge in [-0.25, -0.2) is 8.42 Å². The molecule has 0 saturated carbocycles. The fraction of sp³-hybridized carbons (Fsp3) is 0.692. The minimum absolute atomic E-state index is 0.374. The molecule has 122 valence electrons. The van der Waals surface area contributed by atoms with Crippen molar-refractivity contribution >= 4 is 37.3 Å². The van der Waals surface area contributed by atoms with Crippen molar-refractivity contribution in [3.63, 3.8) is 0 Å². The van der Waals surface area contributed by atoms with Crippen molar-refractivity contribution in [2.75, 3.05) is 47.4 Å². The molecular formula is C13H23BrN2O3S2. The third-order valence-electron chi connectivity index (χ3n) is 3.02. The van der Waals surface area contributed by atoms with Crippen LogP contribution in [0, 0.1) is 6.92 Å². The summed E-state index contributed by atoms with van der Waals surface area (Å²) in [6, 6.07) is 1.68. The number of nitrogens with zero attached hydrogens (tertiary/aromatic N) is 2. The zero-order chi connectivity index (χ0) is 16.0. The van der Waals surface area contributed by atoms with Crippen LogP contribution in [-0.4, -0.2) is 65.1 Å². The van der Waals surface area contributed by atoms with E-state index in [9.17, 15) is 8.42 Å². The monoisotopic (exact) mass is 398 g/mol. The zero-order valence-corrected chi connectivity index (χ0v) is 16.1. The van der Waals surface area contributed by atoms with Crippen LogP contribution in [0.25, 0.3) is 0 Å². The number of halogens is 1. The molecule has 0 spiro atoms. The summed E-state index contributed by atoms with van der Waals surface area (Å²) in [6.45, 7) is 3.95. The molecule has 1 aromatic rings. The number of rotatable bonds is 9. The van der Waals surface area contributed by atoms with E-state index in [0.717, 1.165) is 21.6 Å². The number of thiophene rings is 1. The van der Waals surface area contributed by atoms with E-state index in [1.54, 1.807) is 13.2 Å². The second-order valence-corrected chi connectivity index (χ2v) is 9.57. The number of hydrogen-bond acceptors (Lipinski definition) is 5. The Morgan fingerprint density at radius 1 is 1.29 bits per heavy atom. The molecule has 21 heavy (non-hydrogen) atoms. The molecule has 0 aromatic carbocycles. The van der Waals surface area contributed by atoms with Crippen molar-refractivity contribution in [3.05, 3.63) is 14.7 Å². The summed E-state index contributed by atoms with van der Waals surface area (Å²) in [7, 11) is 2.08. The van der Waals surface area contributed by atoms with E-state index in [-0.39, 0.29) is 0 Å². The Balaban J connectivity index is 2.91. The molecule has 0 unspecified atom stereocenters. The van der Waals surface area contributed by atoms with Gasteiger partial charge in [0, 0.05) is 25.1 Å². The molecular weight excluding hydrogens is 376 g/mol. The molecule has 0 aliphatic heterocycles. The number of aryl methyl sites for hydroxylation is 1. The van der Waals surface area contributed by atoms with E-state index in [1.165, 1.54) is 15.6 Å². The van der Waals surface area contributed by atoms with E-state index in [2.05, 4.69) is 15.9 Å². The molecule has 0 amide bonds. The van der Waals surface area contributed by atoms with E-state index < -0.39 is 10.0 Å². The lowest BCUT2D eigenvalue weighted by Crippen LogP contribution is -2.36. The van der Waals surface area contributed by atoms with Gasteiger partial charge < -0.3 is 9.64 Å². The van der Waals surface area contributed by atoms with Crippen LogP contribution in [0.3, 0.4) is 0 Å². The number of hydrogen-bond donors (Lipinski definition) is 0. The lowest BCUT2D eigenvalue weighted by Gasteiger charge is -2.22. The average molecular weight is 399 g/mol. The molecule has 8 heteroatoms. The number of methoxy groups -OCH3 is 1. The molecule has 0 aliphatic rings. The van der Waals surface area contributed by atoms with Gasteiger partial charge in [0.05, 0.1) is 15.3 Å². The average Bonchev–Trinajstić information content (AvgIpc) is 2.72. The van der Waals surface area contributed by atoms with Crippen LogP contribution < -0.4 is 0 Å². The maximum atomic E-state index is 12.8. The zero-order valence-electron chi connectivity index (χ0n) is 12.9. The van der Waals surface area contributed by atoms with Gasteiger partial charge in [0.1, 0.15) is 0 Å². The Morgan fingerprint density at radius 2 is 1.95 bits per heavy atom. The van der Waals surface area contributed by atoms with Gasteiger partial charge in [0.2, 0.25) is 10.0 Å². The summed E-state index contributed by atoms with van der Waals surface area (Å²) in [4.78, 5) is 3.24. The van der Waals surface area contributed by atoms with Gasteiger partial charge >= 0.3 is 0 Å². The Hall–Kier alpha value is 0.01000. The third kappa shape index (κ3) is 5.61. The Morgan fingerprint density at radius 3 is 2.43 bits per heavy atom. The van der Waals surface area contributed by atoms with Gasteiger partial charge in [-0.2, -0.15) is 4.31 Å². The summed E-state index contributed by atoms with van der Waals surface area (Å²) in [5.41, 5.74) is 0. The van der Waals surface area contributed by atoms with Crippen LogP contribution in [0.15, 0.2) is 14.7 Å². The van der Waals surface area contributed by atoms with Crippen LogP contribution in [0.1, 0.15) is 11.3 Å². The maximum absolute atomic E-state index is 12.8. The van der Waals surface area contributed by atoms with Crippen LogP contribution in [0.2, 0.25) is 0 Å². The first kappa shape index (κ1) is 19.1. The van der Waals surface area contributed by atoms with Crippen LogP contribution in [0.5, 0.6) is 0 Å². The van der Waals surface area contributed by atoms with Crippen molar-refractivity contribution in [2.45, 2.75) is 18.2 Å². The first-order chi connectivity index (χ1) is 9.78. The van der Waals surface area contributed by atoms with Gasteiger partial charge in [-0.1, -0.05) is 0 Å². The Bertz CT molecular complexity index is 544. The first-order valence-electron chi connectivity index (χ1n) is 6.68. The summed E-state index contributed by atoms with van der Waals surface area (Å²) >= 11 is 4.79. The van der Waals surface area contributed by atoms with Crippen molar-refractivity contribution in [3.8, 4) is 0 Å². The molecule has 1 aromatic heterocycles. The van der Waals surface area contributed by atoms with Crippen molar-refractivity contribution in [2.24, 2.45) is 0 Å². The highest BCUT2D eigenvalue weighted by atomic mass is 79.9. The Kier molecular flexibility index (Phi) is 7.80. The van der Waals surface area contributed by atoms with Gasteiger partial charge in [0.15, 0.2) is 0 Å². The summed E-state index contributed by atoms with van der Waals surface area (Å²) < 4.78 is 33.0. The van der Waals surface area contributed by atoms with E-state index >= 15 is 0 Å². The second kappa shape index (κ2) is 8.59. The highest BCUT2D eigenvalue weighted by Gasteiger charge is 2.27. The van der Waals surface area contributed by atoms with E-state index in [4.69, 9.17) is 4.74 Å². The lowest BCUT2D eigenvalue weighted by atomic mass is 10.4. The molecule has 0 fully saturated rings. The lowest BCUT2D eigenvalue weighted by molar-refractivity contribution is 0.177. The summed E-state index contributed by atoms with van der Waals surface area (Å²) in [6.07, 6.45) is 0.792. The smallest absolute Gasteiger partial charge is 0.244 e. The Labute approximate surface area is 140 Å². The SMILES string of the molecule is COCCN(CCCN(C)C)S(=O)(=O)c1cc(Br)sc1C. The topological polar surface area (TPSA) is 49.9 Å². The molecule has 1 heterocycles. The van der Waals surface area contributed by atoms with Gasteiger partial charge in [-0.15, -0.1) is 11.3 Å². The largest absolute Gasteiger partial charge is 0.383 e. The van der Waals surface area contributed by atoms with Crippen molar-refractivity contribution in [1.82, 2.24) is 9.21 Å². The molecule has 0 aliphatic carbocycles. The quantitative estimate of drug-likeness (QED) is 0.640. The third-order valence-corrected chi connectivity index (χ3v) is 6.73. The predicted molar refractivity (Wildman–Crippen MR) is 90.6 cm³/mol. The standard InChI is InChI=1S/C13H23BrN2O3S2/c1-11-12(10-13(14)20-11)21(17,18)16(8-9-19-4)7-5-6-15(2)3/h10H,5-9H2,1-4H3. The molecule has 0 saturated heterocycles. The fourth-order valence-corrected chi connectivity index (χ4v) is 5.78. The number of ether oxygens (including phenoxy) is 1. The highest BCUT2D eigenvalue weighted by molar-refractivity contribution is 9.11. The van der Waals surface area contributed by atoms with E-state index in [1.807, 2.05) is 25.9 Å². The highest BCUT2D eigenvalue weighted by Crippen LogP contribution is 2.31. The summed E-state index contributed by atoms with van der Waals surface area (Å²) in [5, 5.41) is 0. The predicted octanol–water partition coefficient (Wildman–Crippen LogP) is 2.41.